The Bertz CT molecular complexity index is 790. The average Bonchev–Trinajstić information content (AvgIpc) is 3.21. The van der Waals surface area contributed by atoms with Crippen LogP contribution >= 0.6 is 0 Å². The lowest BCUT2D eigenvalue weighted by atomic mass is 10.1. The molecule has 0 aliphatic rings. The van der Waals surface area contributed by atoms with Gasteiger partial charge in [0, 0.05) is 12.5 Å². The summed E-state index contributed by atoms with van der Waals surface area (Å²) in [5, 5.41) is 0. The first-order valence-electron chi connectivity index (χ1n) is 10.4. The molecule has 30 heavy (non-hydrogen) atoms. The number of halogens is 1. The van der Waals surface area contributed by atoms with Gasteiger partial charge in [0.25, 0.3) is 5.91 Å². The Morgan fingerprint density at radius 3 is 2.40 bits per heavy atom. The van der Waals surface area contributed by atoms with Gasteiger partial charge < -0.3 is 19.0 Å². The molecule has 0 spiro atoms. The SMILES string of the molecule is CCOC(=O)[C@@H](C)[NH+](CC(=O)N(Cc1ccc(F)cc1)Cc1ccco1)CC(C)C. The summed E-state index contributed by atoms with van der Waals surface area (Å²) in [5.74, 6) is 0.229. The van der Waals surface area contributed by atoms with E-state index in [9.17, 15) is 14.0 Å². The second kappa shape index (κ2) is 11.5. The number of furan rings is 1. The fraction of sp³-hybridized carbons (Fsp3) is 0.478. The lowest BCUT2D eigenvalue weighted by Crippen LogP contribution is -3.18. The summed E-state index contributed by atoms with van der Waals surface area (Å²) in [4.78, 5) is 28.1. The van der Waals surface area contributed by atoms with Gasteiger partial charge >= 0.3 is 5.97 Å². The second-order valence-corrected chi connectivity index (χ2v) is 7.86. The maximum Gasteiger partial charge on any atom is 0.364 e. The Morgan fingerprint density at radius 1 is 1.13 bits per heavy atom. The highest BCUT2D eigenvalue weighted by Gasteiger charge is 2.31. The molecular weight excluding hydrogens is 387 g/mol. The summed E-state index contributed by atoms with van der Waals surface area (Å²) in [6.45, 7) is 9.42. The van der Waals surface area contributed by atoms with E-state index in [0.29, 0.717) is 37.9 Å². The standard InChI is InChI=1S/C23H31FN2O4/c1-5-29-23(28)18(4)25(13-17(2)3)16-22(27)26(15-21-7-6-12-30-21)14-19-8-10-20(24)11-9-19/h6-12,17-18H,5,13-16H2,1-4H3/p+1/t18-/m1/s1. The van der Waals surface area contributed by atoms with E-state index in [1.54, 1.807) is 43.2 Å². The number of rotatable bonds is 11. The molecule has 0 aliphatic carbocycles. The minimum atomic E-state index is -0.451. The van der Waals surface area contributed by atoms with E-state index in [0.717, 1.165) is 10.5 Å². The van der Waals surface area contributed by atoms with Crippen LogP contribution in [0.5, 0.6) is 0 Å². The van der Waals surface area contributed by atoms with Crippen LogP contribution in [-0.2, 0) is 27.4 Å². The highest BCUT2D eigenvalue weighted by Crippen LogP contribution is 2.11. The molecular formula is C23H32FN2O4+. The number of esters is 1. The fourth-order valence-corrected chi connectivity index (χ4v) is 3.30. The van der Waals surface area contributed by atoms with Crippen molar-refractivity contribution in [1.82, 2.24) is 4.90 Å². The Balaban J connectivity index is 2.18. The van der Waals surface area contributed by atoms with Crippen molar-refractivity contribution in [2.24, 2.45) is 5.92 Å². The molecule has 6 nitrogen and oxygen atoms in total. The van der Waals surface area contributed by atoms with Gasteiger partial charge in [0.05, 0.1) is 26.0 Å². The van der Waals surface area contributed by atoms with Crippen molar-refractivity contribution in [3.05, 3.63) is 59.8 Å². The van der Waals surface area contributed by atoms with Crippen molar-refractivity contribution in [3.8, 4) is 0 Å². The molecule has 1 N–H and O–H groups in total. The van der Waals surface area contributed by atoms with Crippen LogP contribution in [0.3, 0.4) is 0 Å². The molecule has 7 heteroatoms. The number of benzene rings is 1. The summed E-state index contributed by atoms with van der Waals surface area (Å²) in [6.07, 6.45) is 1.56. The topological polar surface area (TPSA) is 64.2 Å². The normalized spacial score (nSPS) is 13.1. The monoisotopic (exact) mass is 419 g/mol. The molecule has 2 aromatic rings. The summed E-state index contributed by atoms with van der Waals surface area (Å²) in [5.41, 5.74) is 0.820. The zero-order valence-electron chi connectivity index (χ0n) is 18.2. The largest absolute Gasteiger partial charge is 0.467 e. The van der Waals surface area contributed by atoms with Gasteiger partial charge in [0.2, 0.25) is 0 Å². The molecule has 0 saturated heterocycles. The van der Waals surface area contributed by atoms with Gasteiger partial charge in [0.15, 0.2) is 12.6 Å². The number of nitrogens with zero attached hydrogens (tertiary/aromatic N) is 1. The Kier molecular flexibility index (Phi) is 9.05. The smallest absolute Gasteiger partial charge is 0.364 e. The van der Waals surface area contributed by atoms with E-state index in [2.05, 4.69) is 13.8 Å². The Hall–Kier alpha value is -2.67. The van der Waals surface area contributed by atoms with Gasteiger partial charge in [-0.1, -0.05) is 26.0 Å². The van der Waals surface area contributed by atoms with Crippen LogP contribution in [0.4, 0.5) is 4.39 Å². The van der Waals surface area contributed by atoms with E-state index >= 15 is 0 Å². The van der Waals surface area contributed by atoms with Gasteiger partial charge in [-0.2, -0.15) is 0 Å². The quantitative estimate of drug-likeness (QED) is 0.569. The van der Waals surface area contributed by atoms with E-state index in [-0.39, 0.29) is 24.2 Å². The van der Waals surface area contributed by atoms with E-state index in [1.807, 2.05) is 6.07 Å². The third-order valence-corrected chi connectivity index (χ3v) is 4.87. The van der Waals surface area contributed by atoms with Gasteiger partial charge in [-0.3, -0.25) is 4.79 Å². The van der Waals surface area contributed by atoms with Crippen molar-refractivity contribution in [1.29, 1.82) is 0 Å². The molecule has 1 unspecified atom stereocenters. The van der Waals surface area contributed by atoms with Crippen LogP contribution in [-0.4, -0.2) is 42.5 Å². The zero-order chi connectivity index (χ0) is 22.1. The number of quaternary nitrogens is 1. The number of hydrogen-bond donors (Lipinski definition) is 1. The average molecular weight is 420 g/mol. The van der Waals surface area contributed by atoms with Crippen molar-refractivity contribution in [2.75, 3.05) is 19.7 Å². The molecule has 1 heterocycles. The summed E-state index contributed by atoms with van der Waals surface area (Å²) >= 11 is 0. The molecule has 0 bridgehead atoms. The van der Waals surface area contributed by atoms with E-state index in [4.69, 9.17) is 9.15 Å². The van der Waals surface area contributed by atoms with Crippen LogP contribution in [0.15, 0.2) is 47.1 Å². The van der Waals surface area contributed by atoms with Gasteiger partial charge in [-0.25, -0.2) is 9.18 Å². The van der Waals surface area contributed by atoms with Crippen molar-refractivity contribution in [2.45, 2.75) is 46.8 Å². The third-order valence-electron chi connectivity index (χ3n) is 4.87. The second-order valence-electron chi connectivity index (χ2n) is 7.86. The lowest BCUT2D eigenvalue weighted by molar-refractivity contribution is -0.910. The number of ether oxygens (including phenoxy) is 1. The predicted molar refractivity (Wildman–Crippen MR) is 111 cm³/mol. The number of nitrogens with one attached hydrogen (secondary N) is 1. The lowest BCUT2D eigenvalue weighted by Gasteiger charge is -2.29. The first-order chi connectivity index (χ1) is 14.3. The van der Waals surface area contributed by atoms with Gasteiger partial charge in [0.1, 0.15) is 11.6 Å². The van der Waals surface area contributed by atoms with Crippen molar-refractivity contribution >= 4 is 11.9 Å². The Labute approximate surface area is 177 Å². The molecule has 0 fully saturated rings. The van der Waals surface area contributed by atoms with Crippen LogP contribution in [0, 0.1) is 11.7 Å². The first-order valence-corrected chi connectivity index (χ1v) is 10.4. The number of amides is 1. The van der Waals surface area contributed by atoms with Crippen LogP contribution in [0.25, 0.3) is 0 Å². The molecule has 164 valence electrons. The minimum absolute atomic E-state index is 0.109. The molecule has 0 saturated carbocycles. The first kappa shape index (κ1) is 23.6. The summed E-state index contributed by atoms with van der Waals surface area (Å²) in [6, 6.07) is 9.22. The molecule has 1 aromatic heterocycles. The van der Waals surface area contributed by atoms with Crippen LogP contribution in [0.2, 0.25) is 0 Å². The molecule has 2 atom stereocenters. The third kappa shape index (κ3) is 7.30. The van der Waals surface area contributed by atoms with Gasteiger partial charge in [-0.05, 0) is 43.7 Å². The molecule has 2 rings (SSSR count). The molecule has 1 amide bonds. The summed E-state index contributed by atoms with van der Waals surface area (Å²) in [7, 11) is 0. The maximum absolute atomic E-state index is 13.3. The van der Waals surface area contributed by atoms with E-state index in [1.165, 1.54) is 12.1 Å². The van der Waals surface area contributed by atoms with Crippen LogP contribution < -0.4 is 4.90 Å². The van der Waals surface area contributed by atoms with Crippen LogP contribution in [0.1, 0.15) is 39.0 Å². The Morgan fingerprint density at radius 2 is 1.83 bits per heavy atom. The number of hydrogen-bond acceptors (Lipinski definition) is 4. The van der Waals surface area contributed by atoms with Crippen molar-refractivity contribution < 1.29 is 28.0 Å². The van der Waals surface area contributed by atoms with Crippen molar-refractivity contribution in [3.63, 3.8) is 0 Å². The molecule has 0 aliphatic heterocycles. The fourth-order valence-electron chi connectivity index (χ4n) is 3.30. The molecule has 1 aromatic carbocycles. The molecule has 0 radical (unpaired) electrons. The number of carbonyl (C=O) groups excluding carboxylic acids is 2. The van der Waals surface area contributed by atoms with E-state index < -0.39 is 6.04 Å². The number of carbonyl (C=O) groups is 2. The zero-order valence-corrected chi connectivity index (χ0v) is 18.2. The maximum atomic E-state index is 13.3. The predicted octanol–water partition coefficient (Wildman–Crippen LogP) is 2.44. The minimum Gasteiger partial charge on any atom is -0.467 e. The summed E-state index contributed by atoms with van der Waals surface area (Å²) < 4.78 is 23.9. The highest BCUT2D eigenvalue weighted by molar-refractivity contribution is 5.78. The highest BCUT2D eigenvalue weighted by atomic mass is 19.1. The van der Waals surface area contributed by atoms with Gasteiger partial charge in [-0.15, -0.1) is 0 Å².